The lowest BCUT2D eigenvalue weighted by Crippen LogP contribution is -2.41. The van der Waals surface area contributed by atoms with Crippen molar-refractivity contribution < 1.29 is 27.9 Å². The van der Waals surface area contributed by atoms with Gasteiger partial charge < -0.3 is 10.4 Å². The number of carbonyl (C=O) groups excluding carboxylic acids is 1. The highest BCUT2D eigenvalue weighted by Crippen LogP contribution is 2.52. The monoisotopic (exact) mass is 375 g/mol. The van der Waals surface area contributed by atoms with Crippen molar-refractivity contribution in [3.63, 3.8) is 0 Å². The molecular formula is C17H17ClF3NO3. The Hall–Kier alpha value is -1.76. The molecule has 2 N–H and O–H groups in total. The minimum atomic E-state index is -4.51. The Morgan fingerprint density at radius 2 is 1.92 bits per heavy atom. The summed E-state index contributed by atoms with van der Waals surface area (Å²) < 4.78 is 38.9. The van der Waals surface area contributed by atoms with Gasteiger partial charge in [-0.25, -0.2) is 0 Å². The maximum Gasteiger partial charge on any atom is 0.416 e. The second kappa shape index (κ2) is 6.20. The Balaban J connectivity index is 1.78. The van der Waals surface area contributed by atoms with Gasteiger partial charge in [0.05, 0.1) is 16.9 Å². The molecule has 136 valence electrons. The molecule has 0 heterocycles. The van der Waals surface area contributed by atoms with E-state index in [0.29, 0.717) is 32.1 Å². The minimum absolute atomic E-state index is 0.135. The molecule has 3 rings (SSSR count). The lowest BCUT2D eigenvalue weighted by molar-refractivity contribution is -0.141. The van der Waals surface area contributed by atoms with E-state index in [-0.39, 0.29) is 22.5 Å². The molecule has 2 fully saturated rings. The molecule has 8 heteroatoms. The molecule has 1 aromatic rings. The first kappa shape index (κ1) is 18.0. The molecule has 0 saturated heterocycles. The van der Waals surface area contributed by atoms with Gasteiger partial charge in [0.2, 0.25) is 5.91 Å². The molecule has 25 heavy (non-hydrogen) atoms. The Morgan fingerprint density at radius 3 is 2.44 bits per heavy atom. The fraction of sp³-hybridized carbons (Fsp3) is 0.529. The molecule has 0 unspecified atom stereocenters. The fourth-order valence-corrected chi connectivity index (χ4v) is 3.77. The number of carboxylic acid groups (broad SMARTS) is 1. The molecule has 1 aromatic carbocycles. The zero-order valence-electron chi connectivity index (χ0n) is 13.2. The third kappa shape index (κ3) is 3.47. The van der Waals surface area contributed by atoms with Gasteiger partial charge in [0.1, 0.15) is 0 Å². The summed E-state index contributed by atoms with van der Waals surface area (Å²) in [5.41, 5.74) is -1.69. The van der Waals surface area contributed by atoms with Gasteiger partial charge in [0.25, 0.3) is 0 Å². The maximum absolute atomic E-state index is 13.0. The van der Waals surface area contributed by atoms with Crippen LogP contribution >= 0.6 is 11.6 Å². The maximum atomic E-state index is 13.0. The van der Waals surface area contributed by atoms with E-state index in [1.807, 2.05) is 0 Å². The van der Waals surface area contributed by atoms with Crippen molar-refractivity contribution in [2.45, 2.75) is 49.7 Å². The van der Waals surface area contributed by atoms with E-state index < -0.39 is 29.0 Å². The van der Waals surface area contributed by atoms with Crippen LogP contribution in [-0.2, 0) is 21.2 Å². The summed E-state index contributed by atoms with van der Waals surface area (Å²) in [5, 5.41) is 12.0. The van der Waals surface area contributed by atoms with Crippen molar-refractivity contribution in [1.29, 1.82) is 0 Å². The molecule has 2 saturated carbocycles. The van der Waals surface area contributed by atoms with E-state index in [2.05, 4.69) is 5.32 Å². The number of nitrogens with one attached hydrogen (secondary N) is 1. The van der Waals surface area contributed by atoms with E-state index in [1.54, 1.807) is 0 Å². The molecule has 0 aromatic heterocycles. The van der Waals surface area contributed by atoms with Crippen LogP contribution in [0.1, 0.15) is 43.2 Å². The second-order valence-corrected chi connectivity index (χ2v) is 7.20. The average Bonchev–Trinajstić information content (AvgIpc) is 3.19. The van der Waals surface area contributed by atoms with E-state index in [4.69, 9.17) is 16.7 Å². The fourth-order valence-electron chi connectivity index (χ4n) is 3.47. The number of hydrogen-bond acceptors (Lipinski definition) is 2. The Bertz CT molecular complexity index is 716. The highest BCUT2D eigenvalue weighted by molar-refractivity contribution is 6.32. The van der Waals surface area contributed by atoms with Crippen LogP contribution in [0.15, 0.2) is 18.2 Å². The van der Waals surface area contributed by atoms with Gasteiger partial charge in [-0.15, -0.1) is 0 Å². The van der Waals surface area contributed by atoms with Crippen molar-refractivity contribution in [2.24, 2.45) is 5.92 Å². The number of hydrogen-bond donors (Lipinski definition) is 2. The zero-order chi connectivity index (χ0) is 18.4. The lowest BCUT2D eigenvalue weighted by Gasteiger charge is -2.21. The molecule has 2 aliphatic rings. The Morgan fingerprint density at radius 1 is 1.24 bits per heavy atom. The lowest BCUT2D eigenvalue weighted by atomic mass is 9.92. The predicted molar refractivity (Wildman–Crippen MR) is 84.3 cm³/mol. The molecule has 0 spiro atoms. The predicted octanol–water partition coefficient (Wildman–Crippen LogP) is 3.76. The highest BCUT2D eigenvalue weighted by atomic mass is 35.5. The van der Waals surface area contributed by atoms with Gasteiger partial charge in [-0.3, -0.25) is 9.59 Å². The number of carbonyl (C=O) groups is 2. The Labute approximate surface area is 147 Å². The summed E-state index contributed by atoms with van der Waals surface area (Å²) >= 11 is 6.07. The molecule has 2 atom stereocenters. The van der Waals surface area contributed by atoms with Gasteiger partial charge in [0.15, 0.2) is 0 Å². The van der Waals surface area contributed by atoms with E-state index in [9.17, 15) is 22.8 Å². The highest BCUT2D eigenvalue weighted by Gasteiger charge is 2.53. The van der Waals surface area contributed by atoms with Gasteiger partial charge in [-0.05, 0) is 55.9 Å². The molecule has 4 nitrogen and oxygen atoms in total. The smallest absolute Gasteiger partial charge is 0.416 e. The van der Waals surface area contributed by atoms with Crippen molar-refractivity contribution in [3.05, 3.63) is 34.3 Å². The van der Waals surface area contributed by atoms with Crippen LogP contribution in [0.3, 0.4) is 0 Å². The van der Waals surface area contributed by atoms with Gasteiger partial charge in [-0.1, -0.05) is 11.6 Å². The first-order valence-corrected chi connectivity index (χ1v) is 8.42. The average molecular weight is 376 g/mol. The van der Waals surface area contributed by atoms with Gasteiger partial charge >= 0.3 is 12.1 Å². The van der Waals surface area contributed by atoms with Crippen LogP contribution in [0.5, 0.6) is 0 Å². The van der Waals surface area contributed by atoms with Crippen LogP contribution in [-0.4, -0.2) is 23.0 Å². The molecule has 1 amide bonds. The third-order valence-electron chi connectivity index (χ3n) is 5.11. The zero-order valence-corrected chi connectivity index (χ0v) is 14.0. The van der Waals surface area contributed by atoms with Crippen molar-refractivity contribution in [1.82, 2.24) is 5.32 Å². The largest absolute Gasteiger partial charge is 0.481 e. The van der Waals surface area contributed by atoms with Crippen molar-refractivity contribution >= 4 is 23.5 Å². The molecule has 2 aliphatic carbocycles. The van der Waals surface area contributed by atoms with Crippen LogP contribution < -0.4 is 5.32 Å². The Kier molecular flexibility index (Phi) is 4.47. The first-order chi connectivity index (χ1) is 11.6. The number of aliphatic carboxylic acids is 1. The van der Waals surface area contributed by atoms with Gasteiger partial charge in [-0.2, -0.15) is 13.2 Å². The third-order valence-corrected chi connectivity index (χ3v) is 5.44. The quantitative estimate of drug-likeness (QED) is 0.842. The van der Waals surface area contributed by atoms with E-state index in [0.717, 1.165) is 12.1 Å². The summed E-state index contributed by atoms with van der Waals surface area (Å²) in [6, 6.07) is 2.75. The number of rotatable bonds is 4. The molecular weight excluding hydrogens is 359 g/mol. The summed E-state index contributed by atoms with van der Waals surface area (Å²) in [7, 11) is 0. The number of halogens is 4. The van der Waals surface area contributed by atoms with Crippen LogP contribution in [0.4, 0.5) is 13.2 Å². The van der Waals surface area contributed by atoms with Crippen molar-refractivity contribution in [3.8, 4) is 0 Å². The second-order valence-electron chi connectivity index (χ2n) is 6.79. The number of alkyl halides is 3. The van der Waals surface area contributed by atoms with Crippen LogP contribution in [0, 0.1) is 5.92 Å². The number of amides is 1. The minimum Gasteiger partial charge on any atom is -0.481 e. The normalized spacial score (nSPS) is 24.8. The summed E-state index contributed by atoms with van der Waals surface area (Å²) in [5.74, 6) is -1.75. The molecule has 0 radical (unpaired) electrons. The summed E-state index contributed by atoms with van der Waals surface area (Å²) in [4.78, 5) is 23.7. The number of carboxylic acids is 1. The van der Waals surface area contributed by atoms with Crippen LogP contribution in [0.25, 0.3) is 0 Å². The number of benzene rings is 1. The molecule has 0 bridgehead atoms. The van der Waals surface area contributed by atoms with Crippen LogP contribution in [0.2, 0.25) is 5.02 Å². The first-order valence-electron chi connectivity index (χ1n) is 8.04. The summed E-state index contributed by atoms with van der Waals surface area (Å²) in [6.07, 6.45) is -2.28. The standard InChI is InChI=1S/C17H17ClF3NO3/c18-13-4-2-10(17(19,20)21)8-12(13)16(5-6-16)15(25)22-11-3-1-9(7-11)14(23)24/h2,4,8-9,11H,1,3,5-7H2,(H,22,25)(H,23,24)/t9-,11+/m1/s1. The molecule has 0 aliphatic heterocycles. The van der Waals surface area contributed by atoms with E-state index in [1.165, 1.54) is 6.07 Å². The van der Waals surface area contributed by atoms with Gasteiger partial charge in [0, 0.05) is 11.1 Å². The summed E-state index contributed by atoms with van der Waals surface area (Å²) in [6.45, 7) is 0. The van der Waals surface area contributed by atoms with Crippen molar-refractivity contribution in [2.75, 3.05) is 0 Å². The van der Waals surface area contributed by atoms with E-state index >= 15 is 0 Å². The topological polar surface area (TPSA) is 66.4 Å². The SMILES string of the molecule is O=C(O)[C@@H]1CC[C@H](NC(=O)C2(c3cc(C(F)(F)F)ccc3Cl)CC2)C1.